The molecule has 3 unspecified atom stereocenters. The predicted octanol–water partition coefficient (Wildman–Crippen LogP) is 3.58. The molecule has 0 bridgehead atoms. The zero-order valence-corrected chi connectivity index (χ0v) is 15.1. The third-order valence-electron chi connectivity index (χ3n) is 5.70. The molecule has 1 aromatic rings. The predicted molar refractivity (Wildman–Crippen MR) is 95.1 cm³/mol. The van der Waals surface area contributed by atoms with Crippen molar-refractivity contribution in [3.05, 3.63) is 39.4 Å². The molecule has 1 aromatic carbocycles. The third kappa shape index (κ3) is 3.18. The summed E-state index contributed by atoms with van der Waals surface area (Å²) in [6, 6.07) is 3.56. The minimum Gasteiger partial charge on any atom is -0.480 e. The number of hydrogen-bond acceptors (Lipinski definition) is 4. The van der Waals surface area contributed by atoms with E-state index in [-0.39, 0.29) is 29.1 Å². The second-order valence-electron chi connectivity index (χ2n) is 7.60. The summed E-state index contributed by atoms with van der Waals surface area (Å²) in [4.78, 5) is 37.2. The first kappa shape index (κ1) is 18.4. The molecule has 3 atom stereocenters. The lowest BCUT2D eigenvalue weighted by Crippen LogP contribution is -2.46. The number of likely N-dealkylation sites (tertiary alicyclic amines) is 1. The summed E-state index contributed by atoms with van der Waals surface area (Å²) in [6.07, 6.45) is 4.24. The Balaban J connectivity index is 1.97. The zero-order valence-electron chi connectivity index (χ0n) is 15.1. The first-order valence-electron chi connectivity index (χ1n) is 9.15. The van der Waals surface area contributed by atoms with E-state index in [2.05, 4.69) is 0 Å². The smallest absolute Gasteiger partial charge is 0.326 e. The molecule has 1 saturated carbocycles. The van der Waals surface area contributed by atoms with E-state index in [9.17, 15) is 24.8 Å². The van der Waals surface area contributed by atoms with Crippen LogP contribution in [0.4, 0.5) is 5.69 Å². The number of rotatable bonds is 4. The largest absolute Gasteiger partial charge is 0.480 e. The molecule has 1 aliphatic carbocycles. The number of carbonyl (C=O) groups is 2. The van der Waals surface area contributed by atoms with E-state index in [0.717, 1.165) is 25.7 Å². The van der Waals surface area contributed by atoms with Crippen LogP contribution in [0.25, 0.3) is 0 Å². The Morgan fingerprint density at radius 1 is 1.27 bits per heavy atom. The van der Waals surface area contributed by atoms with E-state index >= 15 is 0 Å². The molecule has 1 heterocycles. The van der Waals surface area contributed by atoms with Crippen molar-refractivity contribution >= 4 is 17.6 Å². The minimum absolute atomic E-state index is 0.0409. The molecule has 140 valence electrons. The van der Waals surface area contributed by atoms with Crippen molar-refractivity contribution in [2.24, 2.45) is 5.92 Å². The maximum Gasteiger partial charge on any atom is 0.326 e. The maximum atomic E-state index is 13.1. The van der Waals surface area contributed by atoms with Crippen molar-refractivity contribution < 1.29 is 19.6 Å². The van der Waals surface area contributed by atoms with Crippen LogP contribution in [0.5, 0.6) is 0 Å². The Bertz CT molecular complexity index is 745. The average Bonchev–Trinajstić information content (AvgIpc) is 3.00. The van der Waals surface area contributed by atoms with Crippen LogP contribution in [-0.2, 0) is 4.79 Å². The summed E-state index contributed by atoms with van der Waals surface area (Å²) < 4.78 is 0. The van der Waals surface area contributed by atoms with Crippen molar-refractivity contribution in [3.8, 4) is 0 Å². The molecule has 0 radical (unpaired) electrons. The van der Waals surface area contributed by atoms with Gasteiger partial charge in [0.1, 0.15) is 6.04 Å². The second-order valence-corrected chi connectivity index (χ2v) is 7.60. The van der Waals surface area contributed by atoms with Crippen LogP contribution in [0, 0.1) is 16.0 Å². The molecule has 26 heavy (non-hydrogen) atoms. The van der Waals surface area contributed by atoms with Gasteiger partial charge in [0.2, 0.25) is 0 Å². The molecule has 0 spiro atoms. The van der Waals surface area contributed by atoms with Crippen LogP contribution in [-0.4, -0.2) is 38.9 Å². The average molecular weight is 360 g/mol. The summed E-state index contributed by atoms with van der Waals surface area (Å²) in [5, 5.41) is 21.0. The van der Waals surface area contributed by atoms with Crippen molar-refractivity contribution in [2.45, 2.75) is 64.0 Å². The fourth-order valence-corrected chi connectivity index (χ4v) is 4.44. The van der Waals surface area contributed by atoms with Gasteiger partial charge in [-0.1, -0.05) is 32.8 Å². The summed E-state index contributed by atoms with van der Waals surface area (Å²) in [5.41, 5.74) is 0.675. The van der Waals surface area contributed by atoms with Gasteiger partial charge >= 0.3 is 5.97 Å². The highest BCUT2D eigenvalue weighted by Gasteiger charge is 2.47. The number of hydrogen-bond donors (Lipinski definition) is 1. The van der Waals surface area contributed by atoms with E-state index in [4.69, 9.17) is 0 Å². The minimum atomic E-state index is -0.999. The van der Waals surface area contributed by atoms with Gasteiger partial charge in [0.05, 0.1) is 4.92 Å². The summed E-state index contributed by atoms with van der Waals surface area (Å²) in [6.45, 7) is 3.72. The molecule has 1 aliphatic heterocycles. The first-order valence-corrected chi connectivity index (χ1v) is 9.15. The van der Waals surface area contributed by atoms with Crippen molar-refractivity contribution in [1.29, 1.82) is 0 Å². The summed E-state index contributed by atoms with van der Waals surface area (Å²) in [7, 11) is 0. The summed E-state index contributed by atoms with van der Waals surface area (Å²) >= 11 is 0. The van der Waals surface area contributed by atoms with E-state index in [1.807, 2.05) is 13.8 Å². The first-order chi connectivity index (χ1) is 12.3. The van der Waals surface area contributed by atoms with Gasteiger partial charge < -0.3 is 10.0 Å². The SMILES string of the molecule is CC(C)c1ccc(C(=O)N2C(C(=O)O)CC3CCCCC32)cc1[N+](=O)[O-]. The number of nitro benzene ring substituents is 1. The van der Waals surface area contributed by atoms with Crippen LogP contribution in [0.3, 0.4) is 0 Å². The highest BCUT2D eigenvalue weighted by molar-refractivity contribution is 5.98. The maximum absolute atomic E-state index is 13.1. The number of benzene rings is 1. The van der Waals surface area contributed by atoms with Gasteiger partial charge in [-0.3, -0.25) is 14.9 Å². The van der Waals surface area contributed by atoms with Crippen LogP contribution < -0.4 is 0 Å². The van der Waals surface area contributed by atoms with E-state index in [1.54, 1.807) is 12.1 Å². The normalized spacial score (nSPS) is 25.2. The summed E-state index contributed by atoms with van der Waals surface area (Å²) in [5.74, 6) is -1.24. The van der Waals surface area contributed by atoms with Gasteiger partial charge in [0.25, 0.3) is 11.6 Å². The van der Waals surface area contributed by atoms with E-state index < -0.39 is 22.8 Å². The number of amides is 1. The lowest BCUT2D eigenvalue weighted by Gasteiger charge is -2.33. The number of carboxylic acid groups (broad SMARTS) is 1. The Hall–Kier alpha value is -2.44. The van der Waals surface area contributed by atoms with Crippen molar-refractivity contribution in [3.63, 3.8) is 0 Å². The monoisotopic (exact) mass is 360 g/mol. The fraction of sp³-hybridized carbons (Fsp3) is 0.579. The Morgan fingerprint density at radius 3 is 2.58 bits per heavy atom. The molecule has 7 heteroatoms. The van der Waals surface area contributed by atoms with Gasteiger partial charge in [-0.15, -0.1) is 0 Å². The van der Waals surface area contributed by atoms with Crippen LogP contribution in [0.1, 0.15) is 67.8 Å². The van der Waals surface area contributed by atoms with E-state index in [1.165, 1.54) is 11.0 Å². The molecule has 1 N–H and O–H groups in total. The molecule has 2 fully saturated rings. The van der Waals surface area contributed by atoms with Crippen molar-refractivity contribution in [1.82, 2.24) is 4.90 Å². The molecular formula is C19H24N2O5. The highest BCUT2D eigenvalue weighted by Crippen LogP contribution is 2.41. The van der Waals surface area contributed by atoms with Crippen LogP contribution in [0.15, 0.2) is 18.2 Å². The number of nitro groups is 1. The molecule has 3 rings (SSSR count). The topological polar surface area (TPSA) is 101 Å². The van der Waals surface area contributed by atoms with Crippen LogP contribution in [0.2, 0.25) is 0 Å². The molecular weight excluding hydrogens is 336 g/mol. The quantitative estimate of drug-likeness (QED) is 0.653. The standard InChI is InChI=1S/C19H24N2O5/c1-11(2)14-8-7-13(10-16(14)21(25)26)18(22)20-15-6-4-3-5-12(15)9-17(20)19(23)24/h7-8,10-12,15,17H,3-6,9H2,1-2H3,(H,23,24). The number of carboxylic acids is 1. The van der Waals surface area contributed by atoms with Crippen LogP contribution >= 0.6 is 0 Å². The van der Waals surface area contributed by atoms with Gasteiger partial charge in [-0.05, 0) is 37.2 Å². The zero-order chi connectivity index (χ0) is 19.0. The van der Waals surface area contributed by atoms with E-state index in [0.29, 0.717) is 12.0 Å². The molecule has 7 nitrogen and oxygen atoms in total. The van der Waals surface area contributed by atoms with Gasteiger partial charge in [0.15, 0.2) is 0 Å². The number of aliphatic carboxylic acids is 1. The molecule has 0 aromatic heterocycles. The number of nitrogens with zero attached hydrogens (tertiary/aromatic N) is 2. The Morgan fingerprint density at radius 2 is 1.96 bits per heavy atom. The Kier molecular flexibility index (Phi) is 4.98. The molecule has 1 amide bonds. The number of carbonyl (C=O) groups excluding carboxylic acids is 1. The third-order valence-corrected chi connectivity index (χ3v) is 5.70. The van der Waals surface area contributed by atoms with Crippen molar-refractivity contribution in [2.75, 3.05) is 0 Å². The molecule has 1 saturated heterocycles. The lowest BCUT2D eigenvalue weighted by molar-refractivity contribution is -0.385. The highest BCUT2D eigenvalue weighted by atomic mass is 16.6. The number of fused-ring (bicyclic) bond motifs is 1. The Labute approximate surface area is 152 Å². The second kappa shape index (κ2) is 7.05. The lowest BCUT2D eigenvalue weighted by atomic mass is 9.84. The van der Waals surface area contributed by atoms with Gasteiger partial charge in [-0.2, -0.15) is 0 Å². The van der Waals surface area contributed by atoms with Gasteiger partial charge in [-0.25, -0.2) is 4.79 Å². The fourth-order valence-electron chi connectivity index (χ4n) is 4.44. The van der Waals surface area contributed by atoms with Gasteiger partial charge in [0, 0.05) is 23.2 Å². The molecule has 2 aliphatic rings.